The molecule has 0 fully saturated rings. The summed E-state index contributed by atoms with van der Waals surface area (Å²) in [5.41, 5.74) is 9.59. The van der Waals surface area contributed by atoms with Crippen LogP contribution in [0.3, 0.4) is 0 Å². The summed E-state index contributed by atoms with van der Waals surface area (Å²) in [5, 5.41) is 12.9. The molecule has 1 atom stereocenters. The van der Waals surface area contributed by atoms with E-state index in [9.17, 15) is 9.90 Å². The Morgan fingerprint density at radius 2 is 1.86 bits per heavy atom. The number of nitrogens with one attached hydrogen (secondary N) is 1. The largest absolute Gasteiger partial charge is 0.495 e. The van der Waals surface area contributed by atoms with Crippen molar-refractivity contribution in [2.45, 2.75) is 13.0 Å². The van der Waals surface area contributed by atoms with Crippen LogP contribution in [0.2, 0.25) is 0 Å². The minimum Gasteiger partial charge on any atom is -0.495 e. The van der Waals surface area contributed by atoms with E-state index in [0.29, 0.717) is 17.1 Å². The van der Waals surface area contributed by atoms with Gasteiger partial charge in [0.15, 0.2) is 0 Å². The fourth-order valence-corrected chi connectivity index (χ4v) is 2.93. The summed E-state index contributed by atoms with van der Waals surface area (Å²) in [4.78, 5) is 16.7. The molecule has 28 heavy (non-hydrogen) atoms. The molecular weight excluding hydrogens is 354 g/mol. The number of nitrogen functional groups attached to an aromatic ring is 1. The molecule has 144 valence electrons. The number of aliphatic hydroxyl groups is 1. The van der Waals surface area contributed by atoms with Crippen LogP contribution in [0.1, 0.15) is 27.7 Å². The van der Waals surface area contributed by atoms with Crippen molar-refractivity contribution in [2.24, 2.45) is 0 Å². The number of rotatable bonds is 6. The number of carbonyl (C=O) groups excluding carboxylic acids is 1. The first-order valence-electron chi connectivity index (χ1n) is 8.92. The van der Waals surface area contributed by atoms with E-state index in [1.807, 2.05) is 55.5 Å². The number of hydrogen-bond acceptors (Lipinski definition) is 5. The molecule has 0 bridgehead atoms. The van der Waals surface area contributed by atoms with Gasteiger partial charge in [0.25, 0.3) is 5.91 Å². The number of benzene rings is 2. The SMILES string of the molecule is COc1cc(-c2ccc(C(=O)NC[C@@H](O)c3ccccc3)cc2)c(N)nc1C. The third-order valence-electron chi connectivity index (χ3n) is 4.51. The average Bonchev–Trinajstić information content (AvgIpc) is 2.72. The number of amides is 1. The highest BCUT2D eigenvalue weighted by atomic mass is 16.5. The van der Waals surface area contributed by atoms with Gasteiger partial charge < -0.3 is 20.9 Å². The zero-order chi connectivity index (χ0) is 20.1. The average molecular weight is 377 g/mol. The molecule has 0 radical (unpaired) electrons. The number of anilines is 1. The Labute approximate surface area is 164 Å². The van der Waals surface area contributed by atoms with Crippen molar-refractivity contribution >= 4 is 11.7 Å². The van der Waals surface area contributed by atoms with Crippen LogP contribution in [-0.2, 0) is 0 Å². The van der Waals surface area contributed by atoms with Crippen molar-refractivity contribution in [3.63, 3.8) is 0 Å². The van der Waals surface area contributed by atoms with E-state index >= 15 is 0 Å². The van der Waals surface area contributed by atoms with Crippen molar-refractivity contribution < 1.29 is 14.6 Å². The number of pyridine rings is 1. The predicted molar refractivity (Wildman–Crippen MR) is 109 cm³/mol. The maximum Gasteiger partial charge on any atom is 0.251 e. The topological polar surface area (TPSA) is 97.5 Å². The Bertz CT molecular complexity index is 957. The third-order valence-corrected chi connectivity index (χ3v) is 4.51. The van der Waals surface area contributed by atoms with Crippen LogP contribution in [0.5, 0.6) is 5.75 Å². The monoisotopic (exact) mass is 377 g/mol. The van der Waals surface area contributed by atoms with Crippen molar-refractivity contribution in [3.05, 3.63) is 77.5 Å². The van der Waals surface area contributed by atoms with Gasteiger partial charge in [0.05, 0.1) is 18.9 Å². The lowest BCUT2D eigenvalue weighted by Crippen LogP contribution is -2.28. The summed E-state index contributed by atoms with van der Waals surface area (Å²) in [5.74, 6) is 0.802. The number of carbonyl (C=O) groups is 1. The summed E-state index contributed by atoms with van der Waals surface area (Å²) >= 11 is 0. The minimum atomic E-state index is -0.754. The Kier molecular flexibility index (Phi) is 5.91. The highest BCUT2D eigenvalue weighted by molar-refractivity contribution is 5.94. The first-order valence-corrected chi connectivity index (χ1v) is 8.92. The van der Waals surface area contributed by atoms with Gasteiger partial charge in [0.2, 0.25) is 0 Å². The normalized spacial score (nSPS) is 11.7. The minimum absolute atomic E-state index is 0.136. The van der Waals surface area contributed by atoms with E-state index < -0.39 is 6.10 Å². The van der Waals surface area contributed by atoms with E-state index in [1.54, 1.807) is 19.2 Å². The Hall–Kier alpha value is -3.38. The van der Waals surface area contributed by atoms with E-state index in [-0.39, 0.29) is 12.5 Å². The molecule has 1 aromatic heterocycles. The lowest BCUT2D eigenvalue weighted by Gasteiger charge is -2.13. The molecule has 2 aromatic carbocycles. The predicted octanol–water partition coefficient (Wildman–Crippen LogP) is 3.11. The lowest BCUT2D eigenvalue weighted by molar-refractivity contribution is 0.0916. The molecule has 1 heterocycles. The number of aliphatic hydroxyl groups excluding tert-OH is 1. The lowest BCUT2D eigenvalue weighted by atomic mass is 10.0. The van der Waals surface area contributed by atoms with Gasteiger partial charge in [-0.05, 0) is 36.2 Å². The van der Waals surface area contributed by atoms with Crippen LogP contribution < -0.4 is 15.8 Å². The van der Waals surface area contributed by atoms with Crippen LogP contribution in [0.4, 0.5) is 5.82 Å². The molecule has 0 saturated carbocycles. The van der Waals surface area contributed by atoms with Crippen LogP contribution in [0.25, 0.3) is 11.1 Å². The molecule has 0 aliphatic heterocycles. The summed E-state index contributed by atoms with van der Waals surface area (Å²) in [6.45, 7) is 1.97. The number of ether oxygens (including phenoxy) is 1. The molecule has 3 rings (SSSR count). The number of nitrogens with zero attached hydrogens (tertiary/aromatic N) is 1. The van der Waals surface area contributed by atoms with Gasteiger partial charge in [-0.2, -0.15) is 0 Å². The summed E-state index contributed by atoms with van der Waals surface area (Å²) in [7, 11) is 1.58. The maximum atomic E-state index is 12.4. The van der Waals surface area contributed by atoms with Crippen molar-refractivity contribution in [1.29, 1.82) is 0 Å². The van der Waals surface area contributed by atoms with Crippen LogP contribution in [0.15, 0.2) is 60.7 Å². The van der Waals surface area contributed by atoms with Crippen molar-refractivity contribution in [3.8, 4) is 16.9 Å². The van der Waals surface area contributed by atoms with Gasteiger partial charge >= 0.3 is 0 Å². The Morgan fingerprint density at radius 3 is 2.50 bits per heavy atom. The third kappa shape index (κ3) is 4.29. The molecule has 0 aliphatic rings. The molecule has 1 amide bonds. The highest BCUT2D eigenvalue weighted by Gasteiger charge is 2.13. The van der Waals surface area contributed by atoms with Gasteiger partial charge in [-0.3, -0.25) is 4.79 Å². The van der Waals surface area contributed by atoms with Crippen LogP contribution >= 0.6 is 0 Å². The molecular formula is C22H23N3O3. The van der Waals surface area contributed by atoms with E-state index in [4.69, 9.17) is 10.5 Å². The quantitative estimate of drug-likeness (QED) is 0.613. The fourth-order valence-electron chi connectivity index (χ4n) is 2.93. The zero-order valence-corrected chi connectivity index (χ0v) is 15.8. The summed E-state index contributed by atoms with van der Waals surface area (Å²) in [6.07, 6.45) is -0.754. The number of nitrogens with two attached hydrogens (primary N) is 1. The molecule has 6 nitrogen and oxygen atoms in total. The standard InChI is InChI=1S/C22H23N3O3/c1-14-20(28-2)12-18(21(23)25-14)15-8-10-17(11-9-15)22(27)24-13-19(26)16-6-4-3-5-7-16/h3-12,19,26H,13H2,1-2H3,(H2,23,25)(H,24,27)/t19-/m1/s1. The van der Waals surface area contributed by atoms with Gasteiger partial charge in [0, 0.05) is 17.7 Å². The Morgan fingerprint density at radius 1 is 1.18 bits per heavy atom. The molecule has 0 unspecified atom stereocenters. The van der Waals surface area contributed by atoms with Gasteiger partial charge in [-0.1, -0.05) is 42.5 Å². The number of methoxy groups -OCH3 is 1. The van der Waals surface area contributed by atoms with E-state index in [2.05, 4.69) is 10.3 Å². The second kappa shape index (κ2) is 8.54. The molecule has 0 saturated heterocycles. The van der Waals surface area contributed by atoms with Crippen molar-refractivity contribution in [2.75, 3.05) is 19.4 Å². The molecule has 0 spiro atoms. The first kappa shape index (κ1) is 19.4. The van der Waals surface area contributed by atoms with Gasteiger partial charge in [-0.25, -0.2) is 4.98 Å². The smallest absolute Gasteiger partial charge is 0.251 e. The van der Waals surface area contributed by atoms with Crippen LogP contribution in [-0.4, -0.2) is 29.7 Å². The van der Waals surface area contributed by atoms with E-state index in [1.165, 1.54) is 0 Å². The highest BCUT2D eigenvalue weighted by Crippen LogP contribution is 2.30. The fraction of sp³-hybridized carbons (Fsp3) is 0.182. The molecule has 6 heteroatoms. The zero-order valence-electron chi connectivity index (χ0n) is 15.8. The number of hydrogen-bond donors (Lipinski definition) is 3. The van der Waals surface area contributed by atoms with E-state index in [0.717, 1.165) is 22.4 Å². The van der Waals surface area contributed by atoms with Crippen molar-refractivity contribution in [1.82, 2.24) is 10.3 Å². The molecule has 0 aliphatic carbocycles. The van der Waals surface area contributed by atoms with Crippen LogP contribution in [0, 0.1) is 6.92 Å². The Balaban J connectivity index is 1.70. The summed E-state index contributed by atoms with van der Waals surface area (Å²) < 4.78 is 5.31. The van der Waals surface area contributed by atoms with Gasteiger partial charge in [0.1, 0.15) is 11.6 Å². The molecule has 4 N–H and O–H groups in total. The summed E-state index contributed by atoms with van der Waals surface area (Å²) in [6, 6.07) is 18.1. The number of aromatic nitrogens is 1. The second-order valence-electron chi connectivity index (χ2n) is 6.42. The number of aryl methyl sites for hydroxylation is 1. The second-order valence-corrected chi connectivity index (χ2v) is 6.42. The maximum absolute atomic E-state index is 12.4. The molecule has 3 aromatic rings. The first-order chi connectivity index (χ1) is 13.5. The van der Waals surface area contributed by atoms with Gasteiger partial charge in [-0.15, -0.1) is 0 Å².